The highest BCUT2D eigenvalue weighted by Gasteiger charge is 2.18. The Hall–Kier alpha value is -5.81. The largest absolute Gasteiger partial charge is 0.426 e. The summed E-state index contributed by atoms with van der Waals surface area (Å²) in [6, 6.07) is 9.32. The average molecular weight is 694 g/mol. The standard InChI is InChI=1S/C40H47N5O6/c1-2-3-4-5-6-7-8-9-10-11-12-13-14-15-16-17-18-19-20-38(48)51-36-27-25-34(29-32(36)30-46)45-44-33-23-21-31(22-24-33)39(49)43-40(50)35(41)26-28-37(42)47/h3-4,6-7,9-10,12-13,15-16,18-19,21-25,27,29-30,35H,2,5,8,11,14,17,20,26,28,41H2,1H3,(H2,42,47)(H,43,49,50)/b4-3-,7-6-,10-9-,13-12-,16-15-,19-18-,45-44?. The summed E-state index contributed by atoms with van der Waals surface area (Å²) in [5.74, 6) is -2.38. The van der Waals surface area contributed by atoms with Gasteiger partial charge in [0.05, 0.1) is 29.4 Å². The van der Waals surface area contributed by atoms with Crippen LogP contribution in [-0.4, -0.2) is 36.0 Å². The molecule has 3 amide bonds. The van der Waals surface area contributed by atoms with Crippen LogP contribution in [0.2, 0.25) is 0 Å². The van der Waals surface area contributed by atoms with E-state index in [1.807, 2.05) is 12.2 Å². The van der Waals surface area contributed by atoms with Crippen LogP contribution in [0.1, 0.15) is 85.4 Å². The van der Waals surface area contributed by atoms with Gasteiger partial charge < -0.3 is 16.2 Å². The molecule has 51 heavy (non-hydrogen) atoms. The van der Waals surface area contributed by atoms with Crippen LogP contribution in [0, 0.1) is 0 Å². The Balaban J connectivity index is 1.74. The SMILES string of the molecule is CC/C=C\C/C=C\C/C=C\C/C=C\C/C=C\C/C=C\CC(=O)Oc1ccc(N=Nc2ccc(C(=O)NC(=O)C(N)CCC(N)=O)cc2)cc1C=O. The summed E-state index contributed by atoms with van der Waals surface area (Å²) in [6.45, 7) is 2.13. The normalized spacial score (nSPS) is 12.7. The maximum atomic E-state index is 12.4. The molecule has 0 aliphatic rings. The number of nitrogens with two attached hydrogens (primary N) is 2. The number of imide groups is 1. The Labute approximate surface area is 299 Å². The third kappa shape index (κ3) is 18.5. The van der Waals surface area contributed by atoms with Gasteiger partial charge in [-0.15, -0.1) is 0 Å². The molecule has 0 fully saturated rings. The first-order chi connectivity index (χ1) is 24.7. The first-order valence-corrected chi connectivity index (χ1v) is 16.8. The van der Waals surface area contributed by atoms with Crippen LogP contribution in [-0.2, 0) is 14.4 Å². The third-order valence-electron chi connectivity index (χ3n) is 6.91. The molecule has 0 saturated carbocycles. The van der Waals surface area contributed by atoms with Crippen molar-refractivity contribution in [3.8, 4) is 5.75 Å². The van der Waals surface area contributed by atoms with Crippen LogP contribution in [0.5, 0.6) is 5.75 Å². The smallest absolute Gasteiger partial charge is 0.315 e. The summed E-state index contributed by atoms with van der Waals surface area (Å²) in [5, 5.41) is 10.4. The van der Waals surface area contributed by atoms with Gasteiger partial charge in [0, 0.05) is 12.0 Å². The van der Waals surface area contributed by atoms with Crippen molar-refractivity contribution in [2.45, 2.75) is 70.8 Å². The molecule has 2 aromatic carbocycles. The lowest BCUT2D eigenvalue weighted by Crippen LogP contribution is -2.43. The summed E-state index contributed by atoms with van der Waals surface area (Å²) in [4.78, 5) is 59.3. The number of nitrogens with zero attached hydrogens (tertiary/aromatic N) is 2. The predicted molar refractivity (Wildman–Crippen MR) is 200 cm³/mol. The molecule has 1 atom stereocenters. The number of rotatable bonds is 22. The maximum absolute atomic E-state index is 12.4. The first-order valence-electron chi connectivity index (χ1n) is 16.8. The third-order valence-corrected chi connectivity index (χ3v) is 6.91. The van der Waals surface area contributed by atoms with Crippen molar-refractivity contribution in [2.24, 2.45) is 21.7 Å². The van der Waals surface area contributed by atoms with E-state index in [0.29, 0.717) is 24.1 Å². The molecule has 1 unspecified atom stereocenters. The minimum Gasteiger partial charge on any atom is -0.426 e. The molecule has 0 radical (unpaired) electrons. The molecule has 0 aromatic heterocycles. The van der Waals surface area contributed by atoms with Crippen molar-refractivity contribution in [1.29, 1.82) is 0 Å². The number of ether oxygens (including phenoxy) is 1. The number of carbonyl (C=O) groups excluding carboxylic acids is 5. The highest BCUT2D eigenvalue weighted by atomic mass is 16.5. The van der Waals surface area contributed by atoms with E-state index in [2.05, 4.69) is 77.2 Å². The average Bonchev–Trinajstić information content (AvgIpc) is 3.12. The number of hydrogen-bond acceptors (Lipinski definition) is 9. The zero-order chi connectivity index (χ0) is 37.1. The van der Waals surface area contributed by atoms with Gasteiger partial charge in [0.25, 0.3) is 5.91 Å². The molecule has 0 bridgehead atoms. The van der Waals surface area contributed by atoms with Crippen LogP contribution in [0.4, 0.5) is 11.4 Å². The number of aldehydes is 1. The van der Waals surface area contributed by atoms with Gasteiger partial charge >= 0.3 is 5.97 Å². The van der Waals surface area contributed by atoms with E-state index in [0.717, 1.165) is 32.1 Å². The highest BCUT2D eigenvalue weighted by molar-refractivity contribution is 6.06. The maximum Gasteiger partial charge on any atom is 0.315 e. The number of allylic oxidation sites excluding steroid dienone is 11. The van der Waals surface area contributed by atoms with Crippen LogP contribution < -0.4 is 21.5 Å². The molecule has 2 aromatic rings. The highest BCUT2D eigenvalue weighted by Crippen LogP contribution is 2.25. The van der Waals surface area contributed by atoms with Crippen molar-refractivity contribution in [3.63, 3.8) is 0 Å². The van der Waals surface area contributed by atoms with Crippen molar-refractivity contribution in [1.82, 2.24) is 5.32 Å². The molecular formula is C40H47N5O6. The van der Waals surface area contributed by atoms with Gasteiger partial charge in [-0.3, -0.25) is 29.3 Å². The molecule has 5 N–H and O–H groups in total. The number of benzene rings is 2. The van der Waals surface area contributed by atoms with Gasteiger partial charge in [0.15, 0.2) is 6.29 Å². The van der Waals surface area contributed by atoms with E-state index in [9.17, 15) is 24.0 Å². The molecule has 0 aliphatic carbocycles. The fourth-order valence-corrected chi connectivity index (χ4v) is 4.15. The number of hydrogen-bond donors (Lipinski definition) is 3. The summed E-state index contributed by atoms with van der Waals surface area (Å²) < 4.78 is 5.37. The van der Waals surface area contributed by atoms with Crippen LogP contribution in [0.15, 0.2) is 126 Å². The summed E-state index contributed by atoms with van der Waals surface area (Å²) >= 11 is 0. The number of esters is 1. The summed E-state index contributed by atoms with van der Waals surface area (Å²) in [7, 11) is 0. The number of primary amides is 1. The molecule has 268 valence electrons. The van der Waals surface area contributed by atoms with Crippen molar-refractivity contribution >= 4 is 41.4 Å². The number of carbonyl (C=O) groups is 5. The fraction of sp³-hybridized carbons (Fsp3) is 0.275. The van der Waals surface area contributed by atoms with Crippen molar-refractivity contribution in [3.05, 3.63) is 127 Å². The molecule has 2 rings (SSSR count). The second-order valence-electron chi connectivity index (χ2n) is 11.1. The lowest BCUT2D eigenvalue weighted by molar-refractivity contribution is -0.133. The van der Waals surface area contributed by atoms with Crippen LogP contribution >= 0.6 is 0 Å². The monoisotopic (exact) mass is 693 g/mol. The van der Waals surface area contributed by atoms with Gasteiger partial charge in [-0.25, -0.2) is 0 Å². The number of azo groups is 1. The lowest BCUT2D eigenvalue weighted by Gasteiger charge is -2.10. The van der Waals surface area contributed by atoms with Gasteiger partial charge in [0.1, 0.15) is 5.75 Å². The minimum atomic E-state index is -1.05. The van der Waals surface area contributed by atoms with E-state index >= 15 is 0 Å². The number of nitrogens with one attached hydrogen (secondary N) is 1. The second-order valence-corrected chi connectivity index (χ2v) is 11.1. The van der Waals surface area contributed by atoms with Crippen molar-refractivity contribution < 1.29 is 28.7 Å². The van der Waals surface area contributed by atoms with E-state index in [1.165, 1.54) is 36.4 Å². The molecule has 0 spiro atoms. The van der Waals surface area contributed by atoms with Gasteiger partial charge in [-0.05, 0) is 87.4 Å². The topological polar surface area (TPSA) is 183 Å². The Morgan fingerprint density at radius 3 is 1.78 bits per heavy atom. The van der Waals surface area contributed by atoms with Gasteiger partial charge in [-0.1, -0.05) is 79.8 Å². The minimum absolute atomic E-state index is 0.0212. The van der Waals surface area contributed by atoms with Crippen LogP contribution in [0.3, 0.4) is 0 Å². The summed E-state index contributed by atoms with van der Waals surface area (Å²) in [5.41, 5.74) is 11.8. The van der Waals surface area contributed by atoms with E-state index < -0.39 is 29.7 Å². The Morgan fingerprint density at radius 1 is 0.745 bits per heavy atom. The quantitative estimate of drug-likeness (QED) is 0.0370. The Kier molecular flexibility index (Phi) is 20.4. The Morgan fingerprint density at radius 2 is 1.25 bits per heavy atom. The molecule has 0 saturated heterocycles. The molecule has 0 heterocycles. The molecule has 11 heteroatoms. The zero-order valence-electron chi connectivity index (χ0n) is 29.0. The van der Waals surface area contributed by atoms with E-state index in [1.54, 1.807) is 12.1 Å². The lowest BCUT2D eigenvalue weighted by atomic mass is 10.1. The zero-order valence-corrected chi connectivity index (χ0v) is 29.0. The van der Waals surface area contributed by atoms with Gasteiger partial charge in [-0.2, -0.15) is 10.2 Å². The second kappa shape index (κ2) is 25.2. The van der Waals surface area contributed by atoms with E-state index in [4.69, 9.17) is 16.2 Å². The fourth-order valence-electron chi connectivity index (χ4n) is 4.15. The van der Waals surface area contributed by atoms with Crippen molar-refractivity contribution in [2.75, 3.05) is 0 Å². The first kappa shape index (κ1) is 41.4. The van der Waals surface area contributed by atoms with Gasteiger partial charge in [0.2, 0.25) is 11.8 Å². The van der Waals surface area contributed by atoms with Crippen LogP contribution in [0.25, 0.3) is 0 Å². The molecular weight excluding hydrogens is 646 g/mol. The number of amides is 3. The molecule has 0 aliphatic heterocycles. The molecule has 11 nitrogen and oxygen atoms in total. The van der Waals surface area contributed by atoms with E-state index in [-0.39, 0.29) is 36.1 Å². The summed E-state index contributed by atoms with van der Waals surface area (Å²) in [6.07, 6.45) is 31.0. The predicted octanol–water partition coefficient (Wildman–Crippen LogP) is 7.76. The Bertz CT molecular complexity index is 1650.